The third-order valence-electron chi connectivity index (χ3n) is 1.55. The van der Waals surface area contributed by atoms with Gasteiger partial charge in [-0.1, -0.05) is 0 Å². The van der Waals surface area contributed by atoms with E-state index in [2.05, 4.69) is 0 Å². The fourth-order valence-corrected chi connectivity index (χ4v) is 0.951. The Balaban J connectivity index is 2.58. The van der Waals surface area contributed by atoms with Crippen LogP contribution in [-0.4, -0.2) is 11.6 Å². The van der Waals surface area contributed by atoms with Gasteiger partial charge in [0.2, 0.25) is 0 Å². The molecule has 0 heterocycles. The Morgan fingerprint density at radius 3 is 1.70 bits per heavy atom. The maximum Gasteiger partial charge on any atom is 0.155 e. The van der Waals surface area contributed by atoms with Gasteiger partial charge in [0.15, 0.2) is 11.6 Å². The second kappa shape index (κ2) is 3.30. The summed E-state index contributed by atoms with van der Waals surface area (Å²) in [7, 11) is 0. The van der Waals surface area contributed by atoms with Gasteiger partial charge >= 0.3 is 0 Å². The molecule has 54 valence electrons. The molecule has 0 saturated carbocycles. The molecule has 0 atom stereocenters. The highest BCUT2D eigenvalue weighted by molar-refractivity contribution is 5.99. The van der Waals surface area contributed by atoms with Crippen LogP contribution in [0, 0.1) is 0 Å². The molecular formula is C8H10O2. The van der Waals surface area contributed by atoms with Crippen molar-refractivity contribution in [3.8, 4) is 0 Å². The van der Waals surface area contributed by atoms with Crippen LogP contribution in [0.3, 0.4) is 0 Å². The first-order valence-electron chi connectivity index (χ1n) is 3.53. The van der Waals surface area contributed by atoms with Gasteiger partial charge in [-0.05, 0) is 25.0 Å². The summed E-state index contributed by atoms with van der Waals surface area (Å²) in [4.78, 5) is 21.5. The van der Waals surface area contributed by atoms with Crippen LogP contribution in [0.15, 0.2) is 12.2 Å². The lowest BCUT2D eigenvalue weighted by atomic mass is 10.0. The molecule has 0 radical (unpaired) electrons. The van der Waals surface area contributed by atoms with Crippen LogP contribution in [0.5, 0.6) is 0 Å². The topological polar surface area (TPSA) is 34.1 Å². The van der Waals surface area contributed by atoms with Crippen molar-refractivity contribution in [3.63, 3.8) is 0 Å². The second-order valence-corrected chi connectivity index (χ2v) is 2.47. The lowest BCUT2D eigenvalue weighted by Crippen LogP contribution is -2.01. The number of carbonyl (C=O) groups excluding carboxylic acids is 2. The van der Waals surface area contributed by atoms with Crippen molar-refractivity contribution in [1.82, 2.24) is 0 Å². The monoisotopic (exact) mass is 138 g/mol. The van der Waals surface area contributed by atoms with Crippen molar-refractivity contribution >= 4 is 11.6 Å². The van der Waals surface area contributed by atoms with E-state index in [1.807, 2.05) is 0 Å². The molecule has 0 N–H and O–H groups in total. The third-order valence-corrected chi connectivity index (χ3v) is 1.55. The lowest BCUT2D eigenvalue weighted by Gasteiger charge is -1.99. The number of allylic oxidation sites excluding steroid dienone is 2. The summed E-state index contributed by atoms with van der Waals surface area (Å²) in [6, 6.07) is 0. The molecule has 0 aromatic rings. The zero-order valence-electron chi connectivity index (χ0n) is 5.80. The van der Waals surface area contributed by atoms with E-state index < -0.39 is 0 Å². The van der Waals surface area contributed by atoms with Gasteiger partial charge in [-0.2, -0.15) is 0 Å². The van der Waals surface area contributed by atoms with Gasteiger partial charge in [0.1, 0.15) is 0 Å². The minimum atomic E-state index is 0.0769. The SMILES string of the molecule is O=C1/C=C/C(=O)CCCC1. The van der Waals surface area contributed by atoms with Gasteiger partial charge in [-0.3, -0.25) is 9.59 Å². The smallest absolute Gasteiger partial charge is 0.155 e. The summed E-state index contributed by atoms with van der Waals surface area (Å²) in [5, 5.41) is 0. The molecule has 0 bridgehead atoms. The highest BCUT2D eigenvalue weighted by Crippen LogP contribution is 2.05. The van der Waals surface area contributed by atoms with Gasteiger partial charge in [-0.25, -0.2) is 0 Å². The van der Waals surface area contributed by atoms with Gasteiger partial charge in [0.05, 0.1) is 0 Å². The van der Waals surface area contributed by atoms with Crippen LogP contribution < -0.4 is 0 Å². The summed E-state index contributed by atoms with van der Waals surface area (Å²) in [5.41, 5.74) is 0. The number of hydrogen-bond donors (Lipinski definition) is 0. The Morgan fingerprint density at radius 2 is 1.30 bits per heavy atom. The summed E-state index contributed by atoms with van der Waals surface area (Å²) < 4.78 is 0. The molecule has 10 heavy (non-hydrogen) atoms. The largest absolute Gasteiger partial charge is 0.295 e. The van der Waals surface area contributed by atoms with Crippen molar-refractivity contribution in [1.29, 1.82) is 0 Å². The van der Waals surface area contributed by atoms with E-state index in [1.165, 1.54) is 12.2 Å². The van der Waals surface area contributed by atoms with E-state index in [0.717, 1.165) is 12.8 Å². The Morgan fingerprint density at radius 1 is 0.900 bits per heavy atom. The molecule has 0 saturated heterocycles. The van der Waals surface area contributed by atoms with Crippen LogP contribution >= 0.6 is 0 Å². The fourth-order valence-electron chi connectivity index (χ4n) is 0.951. The molecule has 2 heteroatoms. The predicted molar refractivity (Wildman–Crippen MR) is 37.6 cm³/mol. The normalized spacial score (nSPS) is 23.6. The molecule has 0 aromatic heterocycles. The summed E-state index contributed by atoms with van der Waals surface area (Å²) in [6.45, 7) is 0. The quantitative estimate of drug-likeness (QED) is 0.505. The van der Waals surface area contributed by atoms with E-state index in [9.17, 15) is 9.59 Å². The van der Waals surface area contributed by atoms with E-state index in [1.54, 1.807) is 0 Å². The molecule has 1 aliphatic rings. The number of hydrogen-bond acceptors (Lipinski definition) is 2. The van der Waals surface area contributed by atoms with Crippen LogP contribution in [0.1, 0.15) is 25.7 Å². The zero-order chi connectivity index (χ0) is 7.40. The van der Waals surface area contributed by atoms with E-state index in [4.69, 9.17) is 0 Å². The van der Waals surface area contributed by atoms with Gasteiger partial charge in [0.25, 0.3) is 0 Å². The molecule has 2 nitrogen and oxygen atoms in total. The summed E-state index contributed by atoms with van der Waals surface area (Å²) in [5.74, 6) is 0.154. The van der Waals surface area contributed by atoms with Crippen LogP contribution in [0.25, 0.3) is 0 Å². The first-order chi connectivity index (χ1) is 4.79. The minimum Gasteiger partial charge on any atom is -0.295 e. The maximum atomic E-state index is 10.7. The van der Waals surface area contributed by atoms with E-state index in [0.29, 0.717) is 12.8 Å². The molecule has 0 aliphatic heterocycles. The Hall–Kier alpha value is -0.920. The average Bonchev–Trinajstić information content (AvgIpc) is 1.90. The van der Waals surface area contributed by atoms with Crippen molar-refractivity contribution < 1.29 is 9.59 Å². The molecule has 1 aliphatic carbocycles. The van der Waals surface area contributed by atoms with Crippen molar-refractivity contribution in [2.24, 2.45) is 0 Å². The predicted octanol–water partition coefficient (Wildman–Crippen LogP) is 1.25. The molecular weight excluding hydrogens is 128 g/mol. The van der Waals surface area contributed by atoms with Crippen molar-refractivity contribution in [3.05, 3.63) is 12.2 Å². The first-order valence-corrected chi connectivity index (χ1v) is 3.53. The van der Waals surface area contributed by atoms with Crippen LogP contribution in [0.4, 0.5) is 0 Å². The highest BCUT2D eigenvalue weighted by atomic mass is 16.1. The minimum absolute atomic E-state index is 0.0769. The molecule has 0 amide bonds. The Kier molecular flexibility index (Phi) is 2.37. The molecule has 0 spiro atoms. The van der Waals surface area contributed by atoms with Gasteiger partial charge in [-0.15, -0.1) is 0 Å². The third kappa shape index (κ3) is 2.13. The standard InChI is InChI=1S/C8H10O2/c9-7-3-1-2-4-8(10)6-5-7/h5-6H,1-4H2/b6-5+. The van der Waals surface area contributed by atoms with E-state index in [-0.39, 0.29) is 11.6 Å². The zero-order valence-corrected chi connectivity index (χ0v) is 5.80. The molecule has 0 aromatic carbocycles. The average molecular weight is 138 g/mol. The van der Waals surface area contributed by atoms with Crippen molar-refractivity contribution in [2.75, 3.05) is 0 Å². The van der Waals surface area contributed by atoms with Crippen LogP contribution in [-0.2, 0) is 9.59 Å². The fraction of sp³-hybridized carbons (Fsp3) is 0.500. The summed E-state index contributed by atoms with van der Waals surface area (Å²) >= 11 is 0. The Bertz CT molecular complexity index is 160. The maximum absolute atomic E-state index is 10.7. The number of rotatable bonds is 0. The molecule has 1 rings (SSSR count). The highest BCUT2D eigenvalue weighted by Gasteiger charge is 2.04. The number of ketones is 2. The summed E-state index contributed by atoms with van der Waals surface area (Å²) in [6.07, 6.45) is 5.69. The first kappa shape index (κ1) is 7.19. The lowest BCUT2D eigenvalue weighted by molar-refractivity contribution is -0.117. The van der Waals surface area contributed by atoms with Crippen LogP contribution in [0.2, 0.25) is 0 Å². The van der Waals surface area contributed by atoms with E-state index >= 15 is 0 Å². The Labute approximate surface area is 59.9 Å². The van der Waals surface area contributed by atoms with Crippen molar-refractivity contribution in [2.45, 2.75) is 25.7 Å². The molecule has 0 unspecified atom stereocenters. The molecule has 0 fully saturated rings. The number of carbonyl (C=O) groups is 2. The second-order valence-electron chi connectivity index (χ2n) is 2.47. The van der Waals surface area contributed by atoms with Gasteiger partial charge in [0, 0.05) is 12.8 Å². The van der Waals surface area contributed by atoms with Gasteiger partial charge < -0.3 is 0 Å².